The van der Waals surface area contributed by atoms with Crippen molar-refractivity contribution in [1.82, 2.24) is 0 Å². The van der Waals surface area contributed by atoms with Crippen LogP contribution >= 0.6 is 11.6 Å². The first kappa shape index (κ1) is 13.8. The number of carboxylic acid groups (broad SMARTS) is 1. The Morgan fingerprint density at radius 1 is 1.35 bits per heavy atom. The Morgan fingerprint density at radius 2 is 1.94 bits per heavy atom. The minimum atomic E-state index is -0.860. The van der Waals surface area contributed by atoms with Gasteiger partial charge in [-0.25, -0.2) is 0 Å². The Hall–Kier alpha value is -1.22. The van der Waals surface area contributed by atoms with Crippen LogP contribution in [0.25, 0.3) is 0 Å². The van der Waals surface area contributed by atoms with E-state index >= 15 is 0 Å². The Kier molecular flexibility index (Phi) is 4.40. The number of carbonyl (C=O) groups is 1. The second-order valence-electron chi connectivity index (χ2n) is 4.34. The van der Waals surface area contributed by atoms with E-state index in [-0.39, 0.29) is 5.92 Å². The Labute approximate surface area is 106 Å². The maximum atomic E-state index is 11.0. The summed E-state index contributed by atoms with van der Waals surface area (Å²) in [5.74, 6) is -0.580. The summed E-state index contributed by atoms with van der Waals surface area (Å²) in [5.41, 5.74) is 1.63. The second kappa shape index (κ2) is 5.41. The molecule has 1 aromatic carbocycles. The first-order chi connectivity index (χ1) is 7.88. The number of ether oxygens (including phenoxy) is 1. The highest BCUT2D eigenvalue weighted by Gasteiger charge is 2.19. The molecule has 0 aliphatic rings. The summed E-state index contributed by atoms with van der Waals surface area (Å²) in [4.78, 5) is 11.0. The monoisotopic (exact) mass is 256 g/mol. The summed E-state index contributed by atoms with van der Waals surface area (Å²) in [7, 11) is 1.56. The van der Waals surface area contributed by atoms with Gasteiger partial charge in [-0.2, -0.15) is 0 Å². The number of hydrogen-bond acceptors (Lipinski definition) is 2. The molecule has 0 spiro atoms. The zero-order valence-corrected chi connectivity index (χ0v) is 11.2. The van der Waals surface area contributed by atoms with Gasteiger partial charge in [0.25, 0.3) is 0 Å². The normalized spacial score (nSPS) is 12.6. The fraction of sp³-hybridized carbons (Fsp3) is 0.462. The molecule has 0 fully saturated rings. The zero-order valence-electron chi connectivity index (χ0n) is 10.5. The molecule has 0 aliphatic heterocycles. The van der Waals surface area contributed by atoms with Crippen molar-refractivity contribution in [2.24, 2.45) is 0 Å². The molecule has 1 N–H and O–H groups in total. The minimum absolute atomic E-state index is 0.225. The van der Waals surface area contributed by atoms with Gasteiger partial charge in [-0.15, -0.1) is 0 Å². The lowest BCUT2D eigenvalue weighted by Gasteiger charge is -2.17. The van der Waals surface area contributed by atoms with Gasteiger partial charge in [0.15, 0.2) is 0 Å². The lowest BCUT2D eigenvalue weighted by atomic mass is 9.94. The molecule has 0 amide bonds. The van der Waals surface area contributed by atoms with E-state index in [1.165, 1.54) is 0 Å². The maximum Gasteiger partial charge on any atom is 0.310 e. The van der Waals surface area contributed by atoms with Crippen molar-refractivity contribution in [3.8, 4) is 5.75 Å². The number of hydrogen-bond donors (Lipinski definition) is 1. The van der Waals surface area contributed by atoms with Crippen molar-refractivity contribution in [1.29, 1.82) is 0 Å². The molecule has 17 heavy (non-hydrogen) atoms. The van der Waals surface area contributed by atoms with E-state index in [1.807, 2.05) is 19.9 Å². The topological polar surface area (TPSA) is 46.5 Å². The van der Waals surface area contributed by atoms with Gasteiger partial charge in [0.2, 0.25) is 0 Å². The van der Waals surface area contributed by atoms with Crippen LogP contribution in [0.1, 0.15) is 43.7 Å². The van der Waals surface area contributed by atoms with Crippen molar-refractivity contribution in [3.05, 3.63) is 28.3 Å². The van der Waals surface area contributed by atoms with Crippen LogP contribution in [0.4, 0.5) is 0 Å². The number of carboxylic acids is 1. The molecule has 0 aliphatic carbocycles. The molecule has 4 heteroatoms. The van der Waals surface area contributed by atoms with E-state index in [9.17, 15) is 4.79 Å². The molecule has 1 aromatic rings. The summed E-state index contributed by atoms with van der Waals surface area (Å²) >= 11 is 6.11. The van der Waals surface area contributed by atoms with Crippen molar-refractivity contribution in [2.45, 2.75) is 32.6 Å². The second-order valence-corrected chi connectivity index (χ2v) is 4.75. The molecule has 0 radical (unpaired) electrons. The molecule has 0 aromatic heterocycles. The van der Waals surface area contributed by atoms with Crippen molar-refractivity contribution >= 4 is 17.6 Å². The first-order valence-electron chi connectivity index (χ1n) is 5.48. The highest BCUT2D eigenvalue weighted by Crippen LogP contribution is 2.36. The third-order valence-electron chi connectivity index (χ3n) is 2.79. The zero-order chi connectivity index (χ0) is 13.2. The highest BCUT2D eigenvalue weighted by molar-refractivity contribution is 6.32. The number of aliphatic carboxylic acids is 1. The molecule has 1 rings (SSSR count). The molecule has 1 unspecified atom stereocenters. The summed E-state index contributed by atoms with van der Waals surface area (Å²) < 4.78 is 5.25. The third-order valence-corrected chi connectivity index (χ3v) is 3.07. The van der Waals surface area contributed by atoms with Crippen LogP contribution in [-0.2, 0) is 4.79 Å². The highest BCUT2D eigenvalue weighted by atomic mass is 35.5. The van der Waals surface area contributed by atoms with Gasteiger partial charge in [0.05, 0.1) is 18.1 Å². The largest absolute Gasteiger partial charge is 0.495 e. The molecular weight excluding hydrogens is 240 g/mol. The molecule has 0 saturated carbocycles. The van der Waals surface area contributed by atoms with E-state index in [4.69, 9.17) is 21.4 Å². The summed E-state index contributed by atoms with van der Waals surface area (Å²) in [6, 6.07) is 3.51. The maximum absolute atomic E-state index is 11.0. The van der Waals surface area contributed by atoms with Gasteiger partial charge in [-0.05, 0) is 30.0 Å². The van der Waals surface area contributed by atoms with Gasteiger partial charge in [0.1, 0.15) is 5.75 Å². The number of rotatable bonds is 4. The quantitative estimate of drug-likeness (QED) is 0.894. The molecule has 3 nitrogen and oxygen atoms in total. The van der Waals surface area contributed by atoms with Crippen molar-refractivity contribution in [2.75, 3.05) is 7.11 Å². The van der Waals surface area contributed by atoms with E-state index in [0.29, 0.717) is 16.3 Å². The lowest BCUT2D eigenvalue weighted by molar-refractivity contribution is -0.138. The Morgan fingerprint density at radius 3 is 2.35 bits per heavy atom. The van der Waals surface area contributed by atoms with E-state index in [0.717, 1.165) is 5.56 Å². The molecular formula is C13H17ClO3. The summed E-state index contributed by atoms with van der Waals surface area (Å²) in [6.45, 7) is 5.68. The molecule has 0 bridgehead atoms. The van der Waals surface area contributed by atoms with Gasteiger partial charge >= 0.3 is 5.97 Å². The molecule has 0 saturated heterocycles. The van der Waals surface area contributed by atoms with Crippen LogP contribution in [0.5, 0.6) is 5.75 Å². The van der Waals surface area contributed by atoms with Crippen LogP contribution in [0.2, 0.25) is 5.02 Å². The van der Waals surface area contributed by atoms with E-state index in [1.54, 1.807) is 20.1 Å². The van der Waals surface area contributed by atoms with Gasteiger partial charge in [-0.1, -0.05) is 31.5 Å². The van der Waals surface area contributed by atoms with Crippen molar-refractivity contribution < 1.29 is 14.6 Å². The number of halogens is 1. The summed E-state index contributed by atoms with van der Waals surface area (Å²) in [6.07, 6.45) is 0. The molecule has 0 heterocycles. The van der Waals surface area contributed by atoms with Crippen LogP contribution in [0.15, 0.2) is 12.1 Å². The standard InChI is InChI=1S/C13H17ClO3/c1-7(2)10-5-9(8(3)13(15)16)6-11(14)12(10)17-4/h5-8H,1-4H3,(H,15,16). The van der Waals surface area contributed by atoms with Gasteiger partial charge < -0.3 is 9.84 Å². The fourth-order valence-corrected chi connectivity index (χ4v) is 1.99. The summed E-state index contributed by atoms with van der Waals surface area (Å²) in [5, 5.41) is 9.47. The first-order valence-corrected chi connectivity index (χ1v) is 5.86. The molecule has 94 valence electrons. The van der Waals surface area contributed by atoms with Crippen LogP contribution < -0.4 is 4.74 Å². The lowest BCUT2D eigenvalue weighted by Crippen LogP contribution is -2.08. The van der Waals surface area contributed by atoms with E-state index < -0.39 is 11.9 Å². The van der Waals surface area contributed by atoms with Gasteiger partial charge in [0, 0.05) is 0 Å². The van der Waals surface area contributed by atoms with Crippen LogP contribution in [-0.4, -0.2) is 18.2 Å². The van der Waals surface area contributed by atoms with Crippen molar-refractivity contribution in [3.63, 3.8) is 0 Å². The average molecular weight is 257 g/mol. The van der Waals surface area contributed by atoms with Gasteiger partial charge in [-0.3, -0.25) is 4.79 Å². The minimum Gasteiger partial charge on any atom is -0.495 e. The SMILES string of the molecule is COc1c(Cl)cc(C(C)C(=O)O)cc1C(C)C. The van der Waals surface area contributed by atoms with Crippen LogP contribution in [0, 0.1) is 0 Å². The Balaban J connectivity index is 3.33. The Bertz CT molecular complexity index is 427. The molecule has 1 atom stereocenters. The predicted molar refractivity (Wildman–Crippen MR) is 68.1 cm³/mol. The number of methoxy groups -OCH3 is 1. The fourth-order valence-electron chi connectivity index (χ4n) is 1.67. The average Bonchev–Trinajstić information content (AvgIpc) is 2.26. The smallest absolute Gasteiger partial charge is 0.310 e. The van der Waals surface area contributed by atoms with Crippen LogP contribution in [0.3, 0.4) is 0 Å². The predicted octanol–water partition coefficient (Wildman–Crippen LogP) is 3.66. The van der Waals surface area contributed by atoms with E-state index in [2.05, 4.69) is 0 Å². The third kappa shape index (κ3) is 2.91. The number of benzene rings is 1.